The summed E-state index contributed by atoms with van der Waals surface area (Å²) in [5, 5.41) is 3.23. The Bertz CT molecular complexity index is 512. The Labute approximate surface area is 162 Å². The van der Waals surface area contributed by atoms with E-state index in [0.717, 1.165) is 39.0 Å². The van der Waals surface area contributed by atoms with E-state index < -0.39 is 0 Å². The second-order valence-corrected chi connectivity index (χ2v) is 6.53. The van der Waals surface area contributed by atoms with Gasteiger partial charge in [0.25, 0.3) is 5.91 Å². The Morgan fingerprint density at radius 2 is 2.08 bits per heavy atom. The van der Waals surface area contributed by atoms with E-state index in [0.29, 0.717) is 13.2 Å². The second kappa shape index (κ2) is 11.0. The summed E-state index contributed by atoms with van der Waals surface area (Å²) < 4.78 is 5.61. The van der Waals surface area contributed by atoms with Crippen molar-refractivity contribution < 1.29 is 9.53 Å². The number of rotatable bonds is 4. The molecule has 2 unspecified atom stereocenters. The van der Waals surface area contributed by atoms with Crippen LogP contribution in [-0.4, -0.2) is 67.7 Å². The molecule has 3 rings (SSSR count). The number of likely N-dealkylation sites (tertiary alicyclic amines) is 1. The van der Waals surface area contributed by atoms with Gasteiger partial charge in [0.05, 0.1) is 6.61 Å². The lowest BCUT2D eigenvalue weighted by molar-refractivity contribution is -0.147. The van der Waals surface area contributed by atoms with Gasteiger partial charge in [-0.1, -0.05) is 30.3 Å². The zero-order valence-electron chi connectivity index (χ0n) is 14.7. The van der Waals surface area contributed by atoms with Crippen molar-refractivity contribution in [3.8, 4) is 0 Å². The first-order valence-electron chi connectivity index (χ1n) is 8.59. The Balaban J connectivity index is 0.00000156. The highest BCUT2D eigenvalue weighted by Gasteiger charge is 2.31. The first-order chi connectivity index (χ1) is 11.2. The van der Waals surface area contributed by atoms with Crippen LogP contribution in [0.15, 0.2) is 30.3 Å². The summed E-state index contributed by atoms with van der Waals surface area (Å²) in [7, 11) is 1.93. The Hall–Kier alpha value is -0.850. The number of hydrogen-bond donors (Lipinski definition) is 1. The zero-order valence-corrected chi connectivity index (χ0v) is 16.4. The van der Waals surface area contributed by atoms with Crippen LogP contribution in [0, 0.1) is 0 Å². The fraction of sp³-hybridized carbons (Fsp3) is 0.611. The van der Waals surface area contributed by atoms with Crippen molar-refractivity contribution in [2.24, 2.45) is 0 Å². The maximum absolute atomic E-state index is 12.6. The van der Waals surface area contributed by atoms with E-state index in [1.807, 2.05) is 18.0 Å². The Morgan fingerprint density at radius 3 is 2.76 bits per heavy atom. The first-order valence-corrected chi connectivity index (χ1v) is 8.59. The molecule has 2 atom stereocenters. The topological polar surface area (TPSA) is 44.8 Å². The highest BCUT2D eigenvalue weighted by Crippen LogP contribution is 2.18. The molecule has 1 aromatic rings. The number of hydrogen-bond acceptors (Lipinski definition) is 4. The number of amides is 1. The van der Waals surface area contributed by atoms with E-state index in [1.165, 1.54) is 5.56 Å². The molecular weight excluding hydrogens is 361 g/mol. The lowest BCUT2D eigenvalue weighted by atomic mass is 10.0. The number of carbonyl (C=O) groups is 1. The third-order valence-corrected chi connectivity index (χ3v) is 4.83. The number of ether oxygens (including phenoxy) is 1. The Kier molecular flexibility index (Phi) is 9.75. The predicted molar refractivity (Wildman–Crippen MR) is 105 cm³/mol. The molecule has 1 amide bonds. The van der Waals surface area contributed by atoms with Crippen LogP contribution in [-0.2, 0) is 16.1 Å². The van der Waals surface area contributed by atoms with Gasteiger partial charge in [-0.15, -0.1) is 24.8 Å². The molecule has 0 saturated carbocycles. The highest BCUT2D eigenvalue weighted by atomic mass is 35.5. The minimum Gasteiger partial charge on any atom is -0.366 e. The first kappa shape index (κ1) is 22.2. The average molecular weight is 390 g/mol. The summed E-state index contributed by atoms with van der Waals surface area (Å²) in [5.41, 5.74) is 1.34. The van der Waals surface area contributed by atoms with Gasteiger partial charge in [-0.2, -0.15) is 0 Å². The summed E-state index contributed by atoms with van der Waals surface area (Å²) in [6, 6.07) is 10.8. The van der Waals surface area contributed by atoms with Crippen molar-refractivity contribution in [1.82, 2.24) is 15.1 Å². The van der Waals surface area contributed by atoms with Gasteiger partial charge >= 0.3 is 0 Å². The molecule has 2 saturated heterocycles. The molecular formula is C18H29Cl2N3O2. The minimum atomic E-state index is -0.321. The van der Waals surface area contributed by atoms with Crippen molar-refractivity contribution in [2.75, 3.05) is 39.8 Å². The molecule has 0 bridgehead atoms. The quantitative estimate of drug-likeness (QED) is 0.854. The Morgan fingerprint density at radius 1 is 1.32 bits per heavy atom. The molecule has 1 aromatic carbocycles. The number of carbonyl (C=O) groups excluding carboxylic acids is 1. The third-order valence-electron chi connectivity index (χ3n) is 4.83. The van der Waals surface area contributed by atoms with Gasteiger partial charge in [0.2, 0.25) is 0 Å². The van der Waals surface area contributed by atoms with Crippen molar-refractivity contribution in [3.63, 3.8) is 0 Å². The van der Waals surface area contributed by atoms with E-state index in [4.69, 9.17) is 4.74 Å². The maximum atomic E-state index is 12.6. The summed E-state index contributed by atoms with van der Waals surface area (Å²) in [6.07, 6.45) is 1.89. The molecule has 25 heavy (non-hydrogen) atoms. The summed E-state index contributed by atoms with van der Waals surface area (Å²) in [5.74, 6) is 0.115. The maximum Gasteiger partial charge on any atom is 0.253 e. The molecule has 2 aliphatic rings. The zero-order chi connectivity index (χ0) is 16.1. The lowest BCUT2D eigenvalue weighted by Gasteiger charge is -2.39. The van der Waals surface area contributed by atoms with Gasteiger partial charge in [-0.3, -0.25) is 9.69 Å². The number of piperidine rings is 1. The number of likely N-dealkylation sites (N-methyl/N-ethyl adjacent to an activating group) is 1. The monoisotopic (exact) mass is 389 g/mol. The van der Waals surface area contributed by atoms with Crippen LogP contribution in [0.5, 0.6) is 0 Å². The van der Waals surface area contributed by atoms with Crippen LogP contribution in [0.25, 0.3) is 0 Å². The molecule has 2 aliphatic heterocycles. The van der Waals surface area contributed by atoms with Crippen LogP contribution >= 0.6 is 24.8 Å². The van der Waals surface area contributed by atoms with Crippen LogP contribution < -0.4 is 5.32 Å². The summed E-state index contributed by atoms with van der Waals surface area (Å²) in [4.78, 5) is 17.0. The molecule has 0 spiro atoms. The fourth-order valence-electron chi connectivity index (χ4n) is 3.46. The van der Waals surface area contributed by atoms with E-state index in [9.17, 15) is 4.79 Å². The van der Waals surface area contributed by atoms with Gasteiger partial charge in [0, 0.05) is 39.3 Å². The number of nitrogens with one attached hydrogen (secondary N) is 1. The third kappa shape index (κ3) is 6.12. The van der Waals surface area contributed by atoms with Crippen molar-refractivity contribution >= 4 is 30.7 Å². The number of halogens is 2. The van der Waals surface area contributed by atoms with Gasteiger partial charge in [0.15, 0.2) is 0 Å². The number of nitrogens with zero attached hydrogens (tertiary/aromatic N) is 2. The van der Waals surface area contributed by atoms with Crippen LogP contribution in [0.4, 0.5) is 0 Å². The smallest absolute Gasteiger partial charge is 0.253 e. The SMILES string of the molecule is CN(C(=O)C1CNCCO1)C1CCCN(Cc2ccccc2)C1.Cl.Cl. The summed E-state index contributed by atoms with van der Waals surface area (Å²) in [6.45, 7) is 5.09. The molecule has 0 radical (unpaired) electrons. The molecule has 142 valence electrons. The standard InChI is InChI=1S/C18H27N3O2.2ClH/c1-20(18(22)17-12-19-9-11-23-17)16-8-5-10-21(14-16)13-15-6-3-2-4-7-15;;/h2-4,6-7,16-17,19H,5,8-14H2,1H3;2*1H. The molecule has 2 heterocycles. The van der Waals surface area contributed by atoms with Crippen LogP contribution in [0.2, 0.25) is 0 Å². The van der Waals surface area contributed by atoms with Gasteiger partial charge in [-0.25, -0.2) is 0 Å². The van der Waals surface area contributed by atoms with E-state index in [-0.39, 0.29) is 42.9 Å². The summed E-state index contributed by atoms with van der Waals surface area (Å²) >= 11 is 0. The number of benzene rings is 1. The van der Waals surface area contributed by atoms with E-state index in [2.05, 4.69) is 34.5 Å². The van der Waals surface area contributed by atoms with Crippen LogP contribution in [0.3, 0.4) is 0 Å². The molecule has 5 nitrogen and oxygen atoms in total. The molecule has 0 aromatic heterocycles. The number of morpholine rings is 1. The highest BCUT2D eigenvalue weighted by molar-refractivity contribution is 5.85. The van der Waals surface area contributed by atoms with Crippen LogP contribution in [0.1, 0.15) is 18.4 Å². The van der Waals surface area contributed by atoms with E-state index >= 15 is 0 Å². The van der Waals surface area contributed by atoms with E-state index in [1.54, 1.807) is 0 Å². The molecule has 7 heteroatoms. The van der Waals surface area contributed by atoms with Gasteiger partial charge < -0.3 is 15.0 Å². The predicted octanol–water partition coefficient (Wildman–Crippen LogP) is 1.94. The normalized spacial score (nSPS) is 23.9. The molecule has 1 N–H and O–H groups in total. The average Bonchev–Trinajstić information content (AvgIpc) is 2.62. The van der Waals surface area contributed by atoms with Crippen molar-refractivity contribution in [2.45, 2.75) is 31.5 Å². The molecule has 2 fully saturated rings. The largest absolute Gasteiger partial charge is 0.366 e. The molecule has 0 aliphatic carbocycles. The fourth-order valence-corrected chi connectivity index (χ4v) is 3.46. The lowest BCUT2D eigenvalue weighted by Crippen LogP contribution is -2.54. The van der Waals surface area contributed by atoms with Crippen molar-refractivity contribution in [1.29, 1.82) is 0 Å². The second-order valence-electron chi connectivity index (χ2n) is 6.53. The van der Waals surface area contributed by atoms with Crippen molar-refractivity contribution in [3.05, 3.63) is 35.9 Å². The minimum absolute atomic E-state index is 0. The van der Waals surface area contributed by atoms with Gasteiger partial charge in [-0.05, 0) is 24.9 Å². The van der Waals surface area contributed by atoms with Gasteiger partial charge in [0.1, 0.15) is 6.10 Å².